The van der Waals surface area contributed by atoms with Crippen molar-refractivity contribution >= 4 is 45.4 Å². The minimum atomic E-state index is -0.640. The molecule has 0 spiro atoms. The van der Waals surface area contributed by atoms with Crippen LogP contribution < -0.4 is 20.7 Å². The first-order valence-corrected chi connectivity index (χ1v) is 9.66. The standard InChI is InChI=1S/C16H19N9O3S/c1-9-7-24(28-16(26)19-10-3-4-11(27-2)23-22-10)5-6-25(9)13-12-14(29-8-18-12)21-15(17)20-13/h3-4,8-9H,5-7H2,1-2H3,(H2,17,20,21)(H,19,22,26)/t9-/m0/s1. The van der Waals surface area contributed by atoms with Crippen molar-refractivity contribution in [3.8, 4) is 5.88 Å². The molecule has 1 fully saturated rings. The summed E-state index contributed by atoms with van der Waals surface area (Å²) in [7, 11) is 1.49. The molecular weight excluding hydrogens is 398 g/mol. The number of fused-ring (bicyclic) bond motifs is 1. The van der Waals surface area contributed by atoms with Gasteiger partial charge in [-0.3, -0.25) is 5.32 Å². The lowest BCUT2D eigenvalue weighted by molar-refractivity contribution is -0.103. The van der Waals surface area contributed by atoms with E-state index in [-0.39, 0.29) is 17.8 Å². The summed E-state index contributed by atoms with van der Waals surface area (Å²) < 4.78 is 4.93. The van der Waals surface area contributed by atoms with E-state index in [0.29, 0.717) is 31.3 Å². The van der Waals surface area contributed by atoms with Crippen LogP contribution in [0.5, 0.6) is 5.88 Å². The fourth-order valence-corrected chi connectivity index (χ4v) is 3.69. The number of methoxy groups -OCH3 is 1. The number of nitrogens with zero attached hydrogens (tertiary/aromatic N) is 7. The van der Waals surface area contributed by atoms with Gasteiger partial charge >= 0.3 is 6.09 Å². The summed E-state index contributed by atoms with van der Waals surface area (Å²) in [5.74, 6) is 1.53. The molecule has 0 aliphatic carbocycles. The lowest BCUT2D eigenvalue weighted by Crippen LogP contribution is -2.53. The number of hydrogen-bond acceptors (Lipinski definition) is 12. The predicted octanol–water partition coefficient (Wildman–Crippen LogP) is 1.14. The maximum Gasteiger partial charge on any atom is 0.432 e. The minimum Gasteiger partial charge on any atom is -0.480 e. The van der Waals surface area contributed by atoms with Crippen molar-refractivity contribution in [3.05, 3.63) is 17.6 Å². The first kappa shape index (κ1) is 19.0. The minimum absolute atomic E-state index is 0.0107. The van der Waals surface area contributed by atoms with Gasteiger partial charge in [0, 0.05) is 18.7 Å². The van der Waals surface area contributed by atoms with Gasteiger partial charge in [0.05, 0.1) is 25.7 Å². The first-order valence-electron chi connectivity index (χ1n) is 8.78. The van der Waals surface area contributed by atoms with E-state index in [2.05, 4.69) is 35.4 Å². The van der Waals surface area contributed by atoms with Gasteiger partial charge < -0.3 is 20.2 Å². The zero-order valence-electron chi connectivity index (χ0n) is 15.8. The number of hydroxylamine groups is 2. The van der Waals surface area contributed by atoms with Crippen LogP contribution in [0.3, 0.4) is 0 Å². The van der Waals surface area contributed by atoms with Crippen molar-refractivity contribution in [2.75, 3.05) is 42.7 Å². The molecule has 1 amide bonds. The number of thiazole rings is 1. The number of hydrogen-bond donors (Lipinski definition) is 2. The van der Waals surface area contributed by atoms with E-state index in [4.69, 9.17) is 15.3 Å². The lowest BCUT2D eigenvalue weighted by atomic mass is 10.2. The maximum atomic E-state index is 12.1. The summed E-state index contributed by atoms with van der Waals surface area (Å²) in [4.78, 5) is 33.3. The third kappa shape index (κ3) is 4.09. The summed E-state index contributed by atoms with van der Waals surface area (Å²) in [5.41, 5.74) is 8.29. The number of carbonyl (C=O) groups excluding carboxylic acids is 1. The molecule has 29 heavy (non-hydrogen) atoms. The maximum absolute atomic E-state index is 12.1. The Balaban J connectivity index is 1.38. The largest absolute Gasteiger partial charge is 0.480 e. The Labute approximate surface area is 169 Å². The quantitative estimate of drug-likeness (QED) is 0.630. The molecule has 1 aliphatic heterocycles. The van der Waals surface area contributed by atoms with Crippen LogP contribution in [0.1, 0.15) is 6.92 Å². The molecule has 1 saturated heterocycles. The van der Waals surface area contributed by atoms with Crippen LogP contribution in [0.4, 0.5) is 22.4 Å². The zero-order chi connectivity index (χ0) is 20.4. The van der Waals surface area contributed by atoms with Gasteiger partial charge in [0.15, 0.2) is 16.5 Å². The van der Waals surface area contributed by atoms with Crippen molar-refractivity contribution < 1.29 is 14.4 Å². The topological polar surface area (TPSA) is 145 Å². The van der Waals surface area contributed by atoms with Crippen LogP contribution >= 0.6 is 11.3 Å². The van der Waals surface area contributed by atoms with Crippen LogP contribution in [0.2, 0.25) is 0 Å². The Morgan fingerprint density at radius 2 is 2.17 bits per heavy atom. The van der Waals surface area contributed by atoms with Crippen LogP contribution in [0.15, 0.2) is 17.6 Å². The molecule has 4 rings (SSSR count). The van der Waals surface area contributed by atoms with Gasteiger partial charge in [-0.15, -0.1) is 26.6 Å². The average molecular weight is 417 g/mol. The highest BCUT2D eigenvalue weighted by Crippen LogP contribution is 2.28. The van der Waals surface area contributed by atoms with Crippen molar-refractivity contribution in [1.82, 2.24) is 30.2 Å². The van der Waals surface area contributed by atoms with E-state index in [9.17, 15) is 4.79 Å². The van der Waals surface area contributed by atoms with Gasteiger partial charge in [-0.1, -0.05) is 0 Å². The molecule has 0 radical (unpaired) electrons. The molecule has 4 heterocycles. The molecule has 3 aromatic rings. The number of ether oxygens (including phenoxy) is 1. The van der Waals surface area contributed by atoms with Crippen molar-refractivity contribution in [3.63, 3.8) is 0 Å². The van der Waals surface area contributed by atoms with Crippen molar-refractivity contribution in [2.24, 2.45) is 0 Å². The molecular formula is C16H19N9O3S. The summed E-state index contributed by atoms with van der Waals surface area (Å²) in [5, 5.41) is 11.8. The van der Waals surface area contributed by atoms with Crippen LogP contribution in [-0.2, 0) is 4.84 Å². The summed E-state index contributed by atoms with van der Waals surface area (Å²) in [6.45, 7) is 3.57. The number of piperazine rings is 1. The van der Waals surface area contributed by atoms with E-state index < -0.39 is 6.09 Å². The second-order valence-electron chi connectivity index (χ2n) is 6.31. The number of rotatable bonds is 4. The lowest BCUT2D eigenvalue weighted by Gasteiger charge is -2.39. The highest BCUT2D eigenvalue weighted by Gasteiger charge is 2.29. The fraction of sp³-hybridized carbons (Fsp3) is 0.375. The second kappa shape index (κ2) is 7.97. The van der Waals surface area contributed by atoms with Gasteiger partial charge in [-0.25, -0.2) is 14.8 Å². The number of nitrogen functional groups attached to an aromatic ring is 1. The molecule has 0 unspecified atom stereocenters. The van der Waals surface area contributed by atoms with Crippen LogP contribution in [0, 0.1) is 0 Å². The van der Waals surface area contributed by atoms with Crippen molar-refractivity contribution in [1.29, 1.82) is 0 Å². The Morgan fingerprint density at radius 1 is 1.31 bits per heavy atom. The third-order valence-electron chi connectivity index (χ3n) is 4.35. The van der Waals surface area contributed by atoms with Crippen molar-refractivity contribution in [2.45, 2.75) is 13.0 Å². The zero-order valence-corrected chi connectivity index (χ0v) is 16.6. The average Bonchev–Trinajstić information content (AvgIpc) is 3.16. The molecule has 1 aliphatic rings. The van der Waals surface area contributed by atoms with Crippen LogP contribution in [-0.4, -0.2) is 69.1 Å². The monoisotopic (exact) mass is 417 g/mol. The Morgan fingerprint density at radius 3 is 2.90 bits per heavy atom. The van der Waals surface area contributed by atoms with E-state index in [1.165, 1.54) is 18.4 Å². The summed E-state index contributed by atoms with van der Waals surface area (Å²) in [6.07, 6.45) is -0.640. The highest BCUT2D eigenvalue weighted by molar-refractivity contribution is 7.16. The summed E-state index contributed by atoms with van der Waals surface area (Å²) in [6, 6.07) is 3.18. The second-order valence-corrected chi connectivity index (χ2v) is 7.14. The number of nitrogens with two attached hydrogens (primary N) is 1. The van der Waals surface area contributed by atoms with Gasteiger partial charge in [0.1, 0.15) is 5.52 Å². The Hall–Kier alpha value is -3.32. The van der Waals surface area contributed by atoms with Crippen LogP contribution in [0.25, 0.3) is 10.3 Å². The number of aromatic nitrogens is 5. The van der Waals surface area contributed by atoms with E-state index >= 15 is 0 Å². The predicted molar refractivity (Wildman–Crippen MR) is 107 cm³/mol. The molecule has 3 aromatic heterocycles. The summed E-state index contributed by atoms with van der Waals surface area (Å²) >= 11 is 1.42. The SMILES string of the molecule is COc1ccc(NC(=O)ON2CCN(c3nc(N)nc4scnc34)[C@@H](C)C2)nn1. The van der Waals surface area contributed by atoms with E-state index in [1.54, 1.807) is 22.7 Å². The molecule has 0 bridgehead atoms. The van der Waals surface area contributed by atoms with Gasteiger partial charge in [-0.05, 0) is 13.0 Å². The fourth-order valence-electron chi connectivity index (χ4n) is 3.03. The molecule has 152 valence electrons. The number of carbonyl (C=O) groups is 1. The first-order chi connectivity index (χ1) is 14.0. The highest BCUT2D eigenvalue weighted by atomic mass is 32.1. The number of nitrogens with one attached hydrogen (secondary N) is 1. The molecule has 0 saturated carbocycles. The Bertz CT molecular complexity index is 1010. The van der Waals surface area contributed by atoms with Gasteiger partial charge in [-0.2, -0.15) is 4.98 Å². The molecule has 12 nitrogen and oxygen atoms in total. The number of amides is 1. The molecule has 3 N–H and O–H groups in total. The molecule has 1 atom stereocenters. The normalized spacial score (nSPS) is 17.3. The van der Waals surface area contributed by atoms with Gasteiger partial charge in [0.2, 0.25) is 11.8 Å². The molecule has 13 heteroatoms. The van der Waals surface area contributed by atoms with E-state index in [0.717, 1.165) is 10.3 Å². The Kier molecular flexibility index (Phi) is 5.22. The number of anilines is 3. The van der Waals surface area contributed by atoms with E-state index in [1.807, 2.05) is 6.92 Å². The smallest absolute Gasteiger partial charge is 0.432 e. The molecule has 0 aromatic carbocycles. The van der Waals surface area contributed by atoms with Gasteiger partial charge in [0.25, 0.3) is 0 Å². The third-order valence-corrected chi connectivity index (χ3v) is 5.07.